The molecule has 2 aliphatic heterocycles. The quantitative estimate of drug-likeness (QED) is 0.158. The molecule has 0 atom stereocenters. The van der Waals surface area contributed by atoms with Crippen LogP contribution >= 0.6 is 11.3 Å². The van der Waals surface area contributed by atoms with Crippen LogP contribution in [0.4, 0.5) is 16.8 Å². The number of nitrogens with one attached hydrogen (secondary N) is 1. The van der Waals surface area contributed by atoms with Crippen molar-refractivity contribution < 1.29 is 14.3 Å². The summed E-state index contributed by atoms with van der Waals surface area (Å²) in [7, 11) is 0. The van der Waals surface area contributed by atoms with Gasteiger partial charge in [-0.25, -0.2) is 19.7 Å². The number of para-hydroxylation sites is 1. The second-order valence-corrected chi connectivity index (χ2v) is 15.6. The van der Waals surface area contributed by atoms with E-state index >= 15 is 0 Å². The molecule has 0 saturated carbocycles. The van der Waals surface area contributed by atoms with E-state index in [4.69, 9.17) is 19.8 Å². The van der Waals surface area contributed by atoms with Crippen molar-refractivity contribution in [2.24, 2.45) is 0 Å². The Labute approximate surface area is 312 Å². The Bertz CT molecular complexity index is 2300. The van der Waals surface area contributed by atoms with Gasteiger partial charge in [0.15, 0.2) is 10.8 Å². The second kappa shape index (κ2) is 14.1. The summed E-state index contributed by atoms with van der Waals surface area (Å²) in [6, 6.07) is 23.7. The predicted molar refractivity (Wildman–Crippen MR) is 209 cm³/mol. The predicted octanol–water partition coefficient (Wildman–Crippen LogP) is 7.68. The Morgan fingerprint density at radius 3 is 2.45 bits per heavy atom. The number of rotatable bonds is 8. The van der Waals surface area contributed by atoms with Gasteiger partial charge < -0.3 is 14.5 Å². The van der Waals surface area contributed by atoms with E-state index in [1.54, 1.807) is 6.20 Å². The molecule has 1 fully saturated rings. The summed E-state index contributed by atoms with van der Waals surface area (Å²) in [6.45, 7) is 11.3. The molecule has 12 heteroatoms. The van der Waals surface area contributed by atoms with Gasteiger partial charge in [-0.05, 0) is 101 Å². The lowest BCUT2D eigenvalue weighted by Gasteiger charge is -2.31. The number of nitrogens with zero attached hydrogens (tertiary/aromatic N) is 7. The van der Waals surface area contributed by atoms with Crippen molar-refractivity contribution in [3.8, 4) is 11.1 Å². The van der Waals surface area contributed by atoms with Crippen molar-refractivity contribution in [2.45, 2.75) is 65.6 Å². The zero-order valence-corrected chi connectivity index (χ0v) is 31.2. The molecule has 6 aromatic rings. The average molecular weight is 727 g/mol. The van der Waals surface area contributed by atoms with E-state index in [1.807, 2.05) is 87.0 Å². The third kappa shape index (κ3) is 7.23. The van der Waals surface area contributed by atoms with Crippen LogP contribution in [0.2, 0.25) is 0 Å². The van der Waals surface area contributed by atoms with E-state index in [9.17, 15) is 9.59 Å². The summed E-state index contributed by atoms with van der Waals surface area (Å²) < 4.78 is 8.83. The van der Waals surface area contributed by atoms with E-state index in [0.29, 0.717) is 41.7 Å². The van der Waals surface area contributed by atoms with Crippen molar-refractivity contribution in [3.05, 3.63) is 113 Å². The highest BCUT2D eigenvalue weighted by Gasteiger charge is 2.28. The van der Waals surface area contributed by atoms with Gasteiger partial charge in [0, 0.05) is 48.6 Å². The smallest absolute Gasteiger partial charge is 0.358 e. The molecule has 4 aromatic heterocycles. The number of esters is 1. The van der Waals surface area contributed by atoms with Crippen molar-refractivity contribution in [3.63, 3.8) is 0 Å². The van der Waals surface area contributed by atoms with Crippen LogP contribution in [0.3, 0.4) is 0 Å². The number of hydrogen-bond donors (Lipinski definition) is 1. The maximum Gasteiger partial charge on any atom is 0.358 e. The topological polar surface area (TPSA) is 118 Å². The fourth-order valence-electron chi connectivity index (χ4n) is 7.10. The third-order valence-electron chi connectivity index (χ3n) is 9.76. The Balaban J connectivity index is 1.08. The van der Waals surface area contributed by atoms with Gasteiger partial charge >= 0.3 is 5.97 Å². The molecule has 8 rings (SSSR count). The highest BCUT2D eigenvalue weighted by Crippen LogP contribution is 2.33. The fraction of sp³-hybridized carbons (Fsp3) is 0.317. The molecule has 11 nitrogen and oxygen atoms in total. The molecule has 2 aliphatic rings. The number of aromatic nitrogens is 5. The first-order chi connectivity index (χ1) is 25.6. The number of amides is 1. The lowest BCUT2D eigenvalue weighted by Crippen LogP contribution is -2.33. The summed E-state index contributed by atoms with van der Waals surface area (Å²) in [5.41, 5.74) is 6.28. The Hall–Kier alpha value is -5.62. The molecule has 1 amide bonds. The largest absolute Gasteiger partial charge is 0.455 e. The van der Waals surface area contributed by atoms with E-state index in [2.05, 4.69) is 38.3 Å². The monoisotopic (exact) mass is 726 g/mol. The van der Waals surface area contributed by atoms with Crippen molar-refractivity contribution >= 4 is 50.2 Å². The van der Waals surface area contributed by atoms with Crippen LogP contribution < -0.4 is 15.1 Å². The van der Waals surface area contributed by atoms with E-state index in [0.717, 1.165) is 63.6 Å². The Morgan fingerprint density at radius 1 is 0.849 bits per heavy atom. The lowest BCUT2D eigenvalue weighted by atomic mass is 9.94. The molecule has 6 heterocycles. The first-order valence-corrected chi connectivity index (χ1v) is 18.9. The SMILES string of the molecule is Cc1c(-c2ccc(N3CCc4cccc(C(=O)Nc5nc6ccccc6s5)c4C3)nc2C(=O)OC(C)(C)C)cnn1Cc1cccc(N2CCCC2)n1. The van der Waals surface area contributed by atoms with Gasteiger partial charge in [0.05, 0.1) is 28.7 Å². The minimum absolute atomic E-state index is 0.203. The maximum atomic E-state index is 13.8. The zero-order chi connectivity index (χ0) is 36.7. The van der Waals surface area contributed by atoms with Crippen LogP contribution in [0.15, 0.2) is 79.0 Å². The molecular formula is C41H42N8O3S. The number of anilines is 3. The highest BCUT2D eigenvalue weighted by atomic mass is 32.1. The van der Waals surface area contributed by atoms with Gasteiger partial charge in [0.25, 0.3) is 5.91 Å². The van der Waals surface area contributed by atoms with Crippen molar-refractivity contribution in [1.29, 1.82) is 0 Å². The van der Waals surface area contributed by atoms with Gasteiger partial charge in [-0.2, -0.15) is 5.10 Å². The standard InChI is InChI=1S/C41H42N8O3S/c1-26-31(23-42-49(26)24-28-12-10-16-35(43-28)47-20-7-8-21-47)29-17-18-36(45-37(29)39(51)52-41(2,3)4)48-22-19-27-11-9-13-30(32(27)25-48)38(50)46-40-44-33-14-5-6-15-34(33)53-40/h5-6,9-18,23H,7-8,19-22,24-25H2,1-4H3,(H,44,46,50). The van der Waals surface area contributed by atoms with Gasteiger partial charge in [0.1, 0.15) is 17.2 Å². The molecule has 0 unspecified atom stereocenters. The number of benzene rings is 2. The normalized spacial score (nSPS) is 14.4. The molecule has 0 aliphatic carbocycles. The molecule has 53 heavy (non-hydrogen) atoms. The number of carbonyl (C=O) groups is 2. The molecule has 0 radical (unpaired) electrons. The summed E-state index contributed by atoms with van der Waals surface area (Å²) in [6.07, 6.45) is 4.89. The van der Waals surface area contributed by atoms with Crippen LogP contribution in [0.25, 0.3) is 21.3 Å². The van der Waals surface area contributed by atoms with Crippen molar-refractivity contribution in [1.82, 2.24) is 24.7 Å². The molecule has 1 N–H and O–H groups in total. The second-order valence-electron chi connectivity index (χ2n) is 14.6. The summed E-state index contributed by atoms with van der Waals surface area (Å²) >= 11 is 1.45. The molecule has 0 bridgehead atoms. The number of hydrogen-bond acceptors (Lipinski definition) is 10. The average Bonchev–Trinajstić information content (AvgIpc) is 3.91. The highest BCUT2D eigenvalue weighted by molar-refractivity contribution is 7.22. The van der Waals surface area contributed by atoms with Gasteiger partial charge in [-0.15, -0.1) is 0 Å². The number of ether oxygens (including phenoxy) is 1. The third-order valence-corrected chi connectivity index (χ3v) is 10.7. The van der Waals surface area contributed by atoms with Crippen LogP contribution in [0.5, 0.6) is 0 Å². The number of thiazole rings is 1. The first kappa shape index (κ1) is 34.5. The van der Waals surface area contributed by atoms with Crippen LogP contribution in [-0.2, 0) is 24.2 Å². The number of pyridine rings is 2. The minimum atomic E-state index is -0.715. The molecule has 0 spiro atoms. The zero-order valence-electron chi connectivity index (χ0n) is 30.4. The summed E-state index contributed by atoms with van der Waals surface area (Å²) in [5, 5.41) is 8.31. The van der Waals surface area contributed by atoms with Crippen LogP contribution in [0, 0.1) is 6.92 Å². The van der Waals surface area contributed by atoms with E-state index in [1.165, 1.54) is 24.2 Å². The van der Waals surface area contributed by atoms with E-state index in [-0.39, 0.29) is 11.6 Å². The number of fused-ring (bicyclic) bond motifs is 2. The number of carbonyl (C=O) groups excluding carboxylic acids is 2. The van der Waals surface area contributed by atoms with Crippen LogP contribution in [0.1, 0.15) is 77.0 Å². The molecule has 2 aromatic carbocycles. The summed E-state index contributed by atoms with van der Waals surface area (Å²) in [4.78, 5) is 46.4. The molecule has 270 valence electrons. The van der Waals surface area contributed by atoms with Gasteiger partial charge in [0.2, 0.25) is 0 Å². The Morgan fingerprint density at radius 2 is 1.64 bits per heavy atom. The lowest BCUT2D eigenvalue weighted by molar-refractivity contribution is 0.00638. The van der Waals surface area contributed by atoms with Gasteiger partial charge in [-0.1, -0.05) is 41.7 Å². The van der Waals surface area contributed by atoms with E-state index < -0.39 is 11.6 Å². The van der Waals surface area contributed by atoms with Crippen LogP contribution in [-0.4, -0.2) is 61.8 Å². The Kier molecular flexibility index (Phi) is 9.15. The fourth-order valence-corrected chi connectivity index (χ4v) is 7.97. The van der Waals surface area contributed by atoms with Crippen molar-refractivity contribution in [2.75, 3.05) is 34.8 Å². The first-order valence-electron chi connectivity index (χ1n) is 18.1. The molecular weight excluding hydrogens is 685 g/mol. The summed E-state index contributed by atoms with van der Waals surface area (Å²) in [5.74, 6) is 0.925. The maximum absolute atomic E-state index is 13.8. The molecule has 1 saturated heterocycles. The minimum Gasteiger partial charge on any atom is -0.455 e. The van der Waals surface area contributed by atoms with Gasteiger partial charge in [-0.3, -0.25) is 14.8 Å².